The third-order valence-corrected chi connectivity index (χ3v) is 6.59. The second kappa shape index (κ2) is 5.60. The van der Waals surface area contributed by atoms with Crippen LogP contribution in [0.3, 0.4) is 0 Å². The molecule has 0 radical (unpaired) electrons. The Morgan fingerprint density at radius 2 is 1.35 bits per heavy atom. The predicted molar refractivity (Wildman–Crippen MR) is 106 cm³/mol. The highest BCUT2D eigenvalue weighted by molar-refractivity contribution is 5.98. The Kier molecular flexibility index (Phi) is 3.43. The molecule has 1 fully saturated rings. The van der Waals surface area contributed by atoms with Crippen LogP contribution in [0.15, 0.2) is 48.5 Å². The van der Waals surface area contributed by atoms with Gasteiger partial charge < -0.3 is 9.80 Å². The summed E-state index contributed by atoms with van der Waals surface area (Å²) in [5, 5.41) is 0. The van der Waals surface area contributed by atoms with Crippen molar-refractivity contribution in [3.63, 3.8) is 0 Å². The number of fused-ring (bicyclic) bond motifs is 2. The molecule has 3 heteroatoms. The van der Waals surface area contributed by atoms with Gasteiger partial charge >= 0.3 is 0 Å². The highest BCUT2D eigenvalue weighted by atomic mass is 16.1. The van der Waals surface area contributed by atoms with E-state index in [4.69, 9.17) is 0 Å². The number of carbonyl (C=O) groups is 1. The Labute approximate surface area is 155 Å². The number of para-hydroxylation sites is 2. The summed E-state index contributed by atoms with van der Waals surface area (Å²) in [6.07, 6.45) is 4.64. The normalized spacial score (nSPS) is 30.0. The van der Waals surface area contributed by atoms with Crippen LogP contribution in [0.1, 0.15) is 44.2 Å². The largest absolute Gasteiger partial charge is 0.339 e. The lowest BCUT2D eigenvalue weighted by molar-refractivity contribution is -0.122. The van der Waals surface area contributed by atoms with Crippen molar-refractivity contribution < 1.29 is 4.79 Å². The molecule has 2 unspecified atom stereocenters. The number of carbonyl (C=O) groups excluding carboxylic acids is 1. The van der Waals surface area contributed by atoms with E-state index in [0.29, 0.717) is 24.3 Å². The van der Waals surface area contributed by atoms with Crippen molar-refractivity contribution in [3.8, 4) is 0 Å². The van der Waals surface area contributed by atoms with Crippen LogP contribution in [0.2, 0.25) is 0 Å². The highest BCUT2D eigenvalue weighted by Gasteiger charge is 2.57. The van der Waals surface area contributed by atoms with Crippen molar-refractivity contribution in [1.29, 1.82) is 0 Å². The molecule has 2 aliphatic heterocycles. The van der Waals surface area contributed by atoms with E-state index < -0.39 is 5.66 Å². The lowest BCUT2D eigenvalue weighted by Gasteiger charge is -2.51. The number of Topliss-reactive ketones (excluding diaryl/α,β-unsaturated/α-hetero) is 1. The van der Waals surface area contributed by atoms with Gasteiger partial charge in [0.15, 0.2) is 11.4 Å². The maximum absolute atomic E-state index is 13.5. The van der Waals surface area contributed by atoms with E-state index in [2.05, 4.69) is 72.2 Å². The maximum Gasteiger partial charge on any atom is 0.178 e. The van der Waals surface area contributed by atoms with Gasteiger partial charge in [0.1, 0.15) is 0 Å². The summed E-state index contributed by atoms with van der Waals surface area (Å²) < 4.78 is 0. The zero-order valence-corrected chi connectivity index (χ0v) is 15.6. The molecule has 0 bridgehead atoms. The lowest BCUT2D eigenvalue weighted by Crippen LogP contribution is -2.67. The molecule has 1 aliphatic carbocycles. The molecule has 1 saturated carbocycles. The van der Waals surface area contributed by atoms with E-state index in [9.17, 15) is 4.79 Å². The Hall–Kier alpha value is -2.29. The van der Waals surface area contributed by atoms with Gasteiger partial charge in [-0.3, -0.25) is 4.79 Å². The van der Waals surface area contributed by atoms with Crippen LogP contribution in [0, 0.1) is 0 Å². The molecule has 3 nitrogen and oxygen atoms in total. The highest BCUT2D eigenvalue weighted by Crippen LogP contribution is 2.49. The molecule has 2 aromatic carbocycles. The fraction of sp³-hybridized carbons (Fsp3) is 0.435. The van der Waals surface area contributed by atoms with Crippen molar-refractivity contribution in [1.82, 2.24) is 0 Å². The number of anilines is 2. The average Bonchev–Trinajstić information content (AvgIpc) is 3.27. The summed E-state index contributed by atoms with van der Waals surface area (Å²) in [4.78, 5) is 18.4. The van der Waals surface area contributed by atoms with Crippen LogP contribution in [0.5, 0.6) is 0 Å². The first kappa shape index (κ1) is 15.9. The Morgan fingerprint density at radius 1 is 0.846 bits per heavy atom. The quantitative estimate of drug-likeness (QED) is 0.808. The minimum absolute atomic E-state index is 0.342. The number of ketones is 1. The standard InChI is InChI=1S/C23H26N2O/c1-16-14-18-8-3-5-10-20(18)24(16)23(13-7-12-22(23)26)25-17(2)15-19-9-4-6-11-21(19)25/h3-6,8-11,16-17H,7,12-15H2,1-2H3. The van der Waals surface area contributed by atoms with Crippen molar-refractivity contribution in [2.24, 2.45) is 0 Å². The molecule has 2 atom stereocenters. The molecule has 26 heavy (non-hydrogen) atoms. The summed E-state index contributed by atoms with van der Waals surface area (Å²) in [6.45, 7) is 4.56. The zero-order chi connectivity index (χ0) is 17.9. The number of benzene rings is 2. The number of nitrogens with zero attached hydrogens (tertiary/aromatic N) is 2. The van der Waals surface area contributed by atoms with E-state index in [-0.39, 0.29) is 0 Å². The molecule has 2 heterocycles. The molecule has 134 valence electrons. The minimum Gasteiger partial charge on any atom is -0.339 e. The van der Waals surface area contributed by atoms with E-state index in [1.807, 2.05) is 0 Å². The molecular weight excluding hydrogens is 320 g/mol. The molecule has 5 rings (SSSR count). The van der Waals surface area contributed by atoms with Gasteiger partial charge in [0.2, 0.25) is 0 Å². The minimum atomic E-state index is -0.530. The summed E-state index contributed by atoms with van der Waals surface area (Å²) >= 11 is 0. The third-order valence-electron chi connectivity index (χ3n) is 6.59. The van der Waals surface area contributed by atoms with Crippen LogP contribution in [-0.2, 0) is 17.6 Å². The first-order chi connectivity index (χ1) is 12.6. The summed E-state index contributed by atoms with van der Waals surface area (Å²) in [7, 11) is 0. The Bertz CT molecular complexity index is 815. The molecule has 0 spiro atoms. The Balaban J connectivity index is 1.71. The van der Waals surface area contributed by atoms with Crippen molar-refractivity contribution in [3.05, 3.63) is 59.7 Å². The summed E-state index contributed by atoms with van der Waals surface area (Å²) in [6, 6.07) is 18.0. The fourth-order valence-corrected chi connectivity index (χ4v) is 5.72. The predicted octanol–water partition coefficient (Wildman–Crippen LogP) is 4.34. The van der Waals surface area contributed by atoms with Crippen LogP contribution in [0.25, 0.3) is 0 Å². The van der Waals surface area contributed by atoms with Gasteiger partial charge in [0, 0.05) is 29.9 Å². The van der Waals surface area contributed by atoms with E-state index in [1.165, 1.54) is 22.5 Å². The summed E-state index contributed by atoms with van der Waals surface area (Å²) in [5.74, 6) is 0.393. The van der Waals surface area contributed by atoms with Gasteiger partial charge in [-0.2, -0.15) is 0 Å². The van der Waals surface area contributed by atoms with Gasteiger partial charge in [-0.1, -0.05) is 36.4 Å². The topological polar surface area (TPSA) is 23.6 Å². The number of hydrogen-bond donors (Lipinski definition) is 0. The number of rotatable bonds is 2. The van der Waals surface area contributed by atoms with Gasteiger partial charge in [-0.05, 0) is 62.8 Å². The van der Waals surface area contributed by atoms with Crippen LogP contribution >= 0.6 is 0 Å². The van der Waals surface area contributed by atoms with Crippen LogP contribution < -0.4 is 9.80 Å². The summed E-state index contributed by atoms with van der Waals surface area (Å²) in [5.41, 5.74) is 4.73. The number of hydrogen-bond acceptors (Lipinski definition) is 3. The van der Waals surface area contributed by atoms with E-state index in [1.54, 1.807) is 0 Å². The first-order valence-corrected chi connectivity index (χ1v) is 9.91. The van der Waals surface area contributed by atoms with Crippen molar-refractivity contribution >= 4 is 17.2 Å². The molecule has 0 N–H and O–H groups in total. The average molecular weight is 346 g/mol. The lowest BCUT2D eigenvalue weighted by atomic mass is 9.98. The van der Waals surface area contributed by atoms with Crippen LogP contribution in [-0.4, -0.2) is 23.5 Å². The molecule has 2 aromatic rings. The monoisotopic (exact) mass is 346 g/mol. The second-order valence-corrected chi connectivity index (χ2v) is 8.20. The molecule has 0 saturated heterocycles. The van der Waals surface area contributed by atoms with Gasteiger partial charge in [0.05, 0.1) is 0 Å². The van der Waals surface area contributed by atoms with Crippen molar-refractivity contribution in [2.45, 2.75) is 63.7 Å². The fourth-order valence-electron chi connectivity index (χ4n) is 5.72. The molecule has 0 amide bonds. The maximum atomic E-state index is 13.5. The van der Waals surface area contributed by atoms with E-state index in [0.717, 1.165) is 25.7 Å². The Morgan fingerprint density at radius 3 is 1.81 bits per heavy atom. The van der Waals surface area contributed by atoms with Gasteiger partial charge in [-0.15, -0.1) is 0 Å². The SMILES string of the molecule is CC1Cc2ccccc2N1C1(N2c3ccccc3CC2C)CCCC1=O. The van der Waals surface area contributed by atoms with Crippen molar-refractivity contribution in [2.75, 3.05) is 9.80 Å². The molecule has 0 aromatic heterocycles. The van der Waals surface area contributed by atoms with Gasteiger partial charge in [-0.25, -0.2) is 0 Å². The van der Waals surface area contributed by atoms with Gasteiger partial charge in [0.25, 0.3) is 0 Å². The smallest absolute Gasteiger partial charge is 0.178 e. The zero-order valence-electron chi connectivity index (χ0n) is 15.6. The van der Waals surface area contributed by atoms with Crippen LogP contribution in [0.4, 0.5) is 11.4 Å². The first-order valence-electron chi connectivity index (χ1n) is 9.91. The second-order valence-electron chi connectivity index (χ2n) is 8.20. The third kappa shape index (κ3) is 1.97. The molecular formula is C23H26N2O. The molecule has 3 aliphatic rings. The van der Waals surface area contributed by atoms with E-state index >= 15 is 0 Å².